The van der Waals surface area contributed by atoms with Gasteiger partial charge >= 0.3 is 0 Å². The van der Waals surface area contributed by atoms with Gasteiger partial charge in [0.25, 0.3) is 0 Å². The lowest BCUT2D eigenvalue weighted by atomic mass is 9.99. The van der Waals surface area contributed by atoms with E-state index in [-0.39, 0.29) is 0 Å². The molecule has 0 saturated carbocycles. The van der Waals surface area contributed by atoms with Gasteiger partial charge in [-0.1, -0.05) is 0 Å². The summed E-state index contributed by atoms with van der Waals surface area (Å²) in [4.78, 5) is 6.54. The molecule has 0 amide bonds. The van der Waals surface area contributed by atoms with E-state index in [9.17, 15) is 0 Å². The Morgan fingerprint density at radius 2 is 2.50 bits per heavy atom. The third-order valence-corrected chi connectivity index (χ3v) is 3.49. The van der Waals surface area contributed by atoms with E-state index in [0.29, 0.717) is 12.1 Å². The topological polar surface area (TPSA) is 41.1 Å². The molecule has 1 fully saturated rings. The van der Waals surface area contributed by atoms with Crippen LogP contribution in [0, 0.1) is 0 Å². The second kappa shape index (κ2) is 4.23. The van der Waals surface area contributed by atoms with Gasteiger partial charge in [-0.05, 0) is 26.8 Å². The van der Waals surface area contributed by atoms with E-state index < -0.39 is 0 Å². The Bertz CT molecular complexity index is 274. The molecule has 1 aromatic heterocycles. The highest BCUT2D eigenvalue weighted by Crippen LogP contribution is 2.19. The number of likely N-dealkylation sites (tertiary alicyclic amines) is 1. The maximum atomic E-state index is 4.14. The van der Waals surface area contributed by atoms with Crippen molar-refractivity contribution < 1.29 is 0 Å². The smallest absolute Gasteiger partial charge is 0.202 e. The summed E-state index contributed by atoms with van der Waals surface area (Å²) in [7, 11) is 2.19. The minimum Gasteiger partial charge on any atom is -0.357 e. The van der Waals surface area contributed by atoms with Crippen LogP contribution in [0.1, 0.15) is 19.8 Å². The van der Waals surface area contributed by atoms with Crippen molar-refractivity contribution in [2.45, 2.75) is 31.8 Å². The molecule has 0 aromatic carbocycles. The van der Waals surface area contributed by atoms with E-state index in [0.717, 1.165) is 11.7 Å². The van der Waals surface area contributed by atoms with Crippen LogP contribution < -0.4 is 5.32 Å². The zero-order valence-corrected chi connectivity index (χ0v) is 9.42. The summed E-state index contributed by atoms with van der Waals surface area (Å²) in [5.74, 6) is 0. The Hall–Kier alpha value is -0.680. The molecule has 1 aromatic rings. The molecular formula is C9H16N4S. The van der Waals surface area contributed by atoms with Crippen molar-refractivity contribution in [3.05, 3.63) is 6.33 Å². The number of anilines is 1. The predicted octanol–water partition coefficient (Wildman–Crippen LogP) is 1.43. The van der Waals surface area contributed by atoms with Gasteiger partial charge in [-0.15, -0.1) is 0 Å². The molecule has 1 N–H and O–H groups in total. The molecule has 0 aliphatic carbocycles. The van der Waals surface area contributed by atoms with E-state index in [1.807, 2.05) is 0 Å². The average molecular weight is 212 g/mol. The Morgan fingerprint density at radius 1 is 1.64 bits per heavy atom. The summed E-state index contributed by atoms with van der Waals surface area (Å²) in [5.41, 5.74) is 0. The van der Waals surface area contributed by atoms with Crippen molar-refractivity contribution in [3.63, 3.8) is 0 Å². The molecule has 14 heavy (non-hydrogen) atoms. The van der Waals surface area contributed by atoms with Crippen LogP contribution in [0.4, 0.5) is 5.13 Å². The average Bonchev–Trinajstić information content (AvgIpc) is 2.64. The lowest BCUT2D eigenvalue weighted by Gasteiger charge is -2.35. The first-order chi connectivity index (χ1) is 6.75. The summed E-state index contributed by atoms with van der Waals surface area (Å²) >= 11 is 1.43. The fraction of sp³-hybridized carbons (Fsp3) is 0.778. The van der Waals surface area contributed by atoms with Gasteiger partial charge in [0.15, 0.2) is 0 Å². The minimum atomic E-state index is 0.564. The van der Waals surface area contributed by atoms with Crippen LogP contribution in [0.5, 0.6) is 0 Å². The number of aromatic nitrogens is 2. The number of hydrogen-bond donors (Lipinski definition) is 1. The highest BCUT2D eigenvalue weighted by molar-refractivity contribution is 7.09. The Labute approximate surface area is 88.5 Å². The quantitative estimate of drug-likeness (QED) is 0.805. The number of piperidine rings is 1. The number of nitrogens with one attached hydrogen (secondary N) is 1. The maximum absolute atomic E-state index is 4.14. The molecule has 1 aliphatic heterocycles. The van der Waals surface area contributed by atoms with Gasteiger partial charge in [-0.2, -0.15) is 4.37 Å². The lowest BCUT2D eigenvalue weighted by Crippen LogP contribution is -2.42. The van der Waals surface area contributed by atoms with Gasteiger partial charge in [0.2, 0.25) is 5.13 Å². The van der Waals surface area contributed by atoms with Crippen LogP contribution in [0.25, 0.3) is 0 Å². The van der Waals surface area contributed by atoms with Crippen molar-refractivity contribution in [1.82, 2.24) is 14.3 Å². The normalized spacial score (nSPS) is 29.0. The molecule has 2 heterocycles. The molecular weight excluding hydrogens is 196 g/mol. The summed E-state index contributed by atoms with van der Waals surface area (Å²) in [5, 5.41) is 4.38. The van der Waals surface area contributed by atoms with Crippen LogP contribution >= 0.6 is 11.5 Å². The second-order valence-electron chi connectivity index (χ2n) is 3.94. The molecule has 1 aliphatic rings. The fourth-order valence-electron chi connectivity index (χ4n) is 1.83. The molecule has 2 unspecified atom stereocenters. The maximum Gasteiger partial charge on any atom is 0.202 e. The summed E-state index contributed by atoms with van der Waals surface area (Å²) in [6.07, 6.45) is 3.99. The SMILES string of the molecule is CC1CC(Nc2ncns2)CCN1C. The van der Waals surface area contributed by atoms with E-state index in [1.54, 1.807) is 6.33 Å². The Balaban J connectivity index is 1.88. The van der Waals surface area contributed by atoms with E-state index >= 15 is 0 Å². The van der Waals surface area contributed by atoms with Gasteiger partial charge < -0.3 is 10.2 Å². The highest BCUT2D eigenvalue weighted by Gasteiger charge is 2.22. The number of rotatable bonds is 2. The van der Waals surface area contributed by atoms with Crippen LogP contribution in [-0.4, -0.2) is 39.9 Å². The van der Waals surface area contributed by atoms with Gasteiger partial charge in [-0.25, -0.2) is 4.98 Å². The van der Waals surface area contributed by atoms with Crippen LogP contribution in [0.15, 0.2) is 6.33 Å². The van der Waals surface area contributed by atoms with E-state index in [4.69, 9.17) is 0 Å². The molecule has 0 bridgehead atoms. The first kappa shape index (κ1) is 9.86. The molecule has 2 rings (SSSR count). The first-order valence-corrected chi connectivity index (χ1v) is 5.76. The van der Waals surface area contributed by atoms with Gasteiger partial charge in [0, 0.05) is 30.2 Å². The van der Waals surface area contributed by atoms with Gasteiger partial charge in [0.1, 0.15) is 6.33 Å². The van der Waals surface area contributed by atoms with Crippen molar-refractivity contribution in [2.75, 3.05) is 18.9 Å². The summed E-state index contributed by atoms with van der Waals surface area (Å²) in [6.45, 7) is 3.44. The second-order valence-corrected chi connectivity index (χ2v) is 4.72. The molecule has 1 saturated heterocycles. The molecule has 2 atom stereocenters. The zero-order valence-electron chi connectivity index (χ0n) is 8.60. The van der Waals surface area contributed by atoms with E-state index in [2.05, 4.69) is 33.5 Å². The van der Waals surface area contributed by atoms with Gasteiger partial charge in [0.05, 0.1) is 0 Å². The molecule has 0 spiro atoms. The van der Waals surface area contributed by atoms with Crippen molar-refractivity contribution in [2.24, 2.45) is 0 Å². The summed E-state index contributed by atoms with van der Waals surface area (Å²) < 4.78 is 3.98. The van der Waals surface area contributed by atoms with Gasteiger partial charge in [-0.3, -0.25) is 0 Å². The Kier molecular flexibility index (Phi) is 2.98. The Morgan fingerprint density at radius 3 is 3.14 bits per heavy atom. The van der Waals surface area contributed by atoms with Crippen LogP contribution in [0.2, 0.25) is 0 Å². The first-order valence-electron chi connectivity index (χ1n) is 4.99. The lowest BCUT2D eigenvalue weighted by molar-refractivity contribution is 0.190. The van der Waals surface area contributed by atoms with Crippen molar-refractivity contribution in [1.29, 1.82) is 0 Å². The molecule has 5 heteroatoms. The van der Waals surface area contributed by atoms with Crippen molar-refractivity contribution in [3.8, 4) is 0 Å². The van der Waals surface area contributed by atoms with Crippen LogP contribution in [0.3, 0.4) is 0 Å². The molecule has 78 valence electrons. The largest absolute Gasteiger partial charge is 0.357 e. The third-order valence-electron chi connectivity index (χ3n) is 2.90. The predicted molar refractivity (Wildman–Crippen MR) is 58.6 cm³/mol. The fourth-order valence-corrected chi connectivity index (χ4v) is 2.34. The minimum absolute atomic E-state index is 0.564. The highest BCUT2D eigenvalue weighted by atomic mass is 32.1. The van der Waals surface area contributed by atoms with Crippen LogP contribution in [-0.2, 0) is 0 Å². The number of nitrogens with zero attached hydrogens (tertiary/aromatic N) is 3. The van der Waals surface area contributed by atoms with E-state index in [1.165, 1.54) is 24.4 Å². The third kappa shape index (κ3) is 2.22. The standard InChI is InChI=1S/C9H16N4S/c1-7-5-8(3-4-13(7)2)12-9-10-6-11-14-9/h6-8H,3-5H2,1-2H3,(H,10,11,12). The zero-order chi connectivity index (χ0) is 9.97. The van der Waals surface area contributed by atoms with Crippen molar-refractivity contribution >= 4 is 16.7 Å². The number of hydrogen-bond acceptors (Lipinski definition) is 5. The summed E-state index contributed by atoms with van der Waals surface area (Å²) in [6, 6.07) is 1.23. The monoisotopic (exact) mass is 212 g/mol. The molecule has 4 nitrogen and oxygen atoms in total. The molecule has 0 radical (unpaired) electrons.